The maximum absolute atomic E-state index is 10.6. The zero-order valence-electron chi connectivity index (χ0n) is 10.6. The maximum atomic E-state index is 10.6. The van der Waals surface area contributed by atoms with E-state index < -0.39 is 14.0 Å². The van der Waals surface area contributed by atoms with Crippen molar-refractivity contribution in [3.05, 3.63) is 23.3 Å². The molecule has 1 N–H and O–H groups in total. The number of carbonyl (C=O) groups is 1. The Morgan fingerprint density at radius 3 is 2.76 bits per heavy atom. The molecule has 0 amide bonds. The van der Waals surface area contributed by atoms with Crippen LogP contribution in [0.2, 0.25) is 19.6 Å². The second-order valence-electron chi connectivity index (χ2n) is 5.94. The highest BCUT2D eigenvalue weighted by atomic mass is 28.3. The van der Waals surface area contributed by atoms with Crippen molar-refractivity contribution in [3.8, 4) is 11.5 Å². The standard InChI is InChI=1S/C14H18O2Si/c1-17(2,3)5-4-10-6-11-8-12(9-14(15)16)13(11)7-10/h7,9,11,13H,6,8H2,1-3H3,(H,15,16)/t11-,13-/m1/s1. The summed E-state index contributed by atoms with van der Waals surface area (Å²) in [5, 5.41) is 8.73. The van der Waals surface area contributed by atoms with E-state index in [4.69, 9.17) is 5.11 Å². The van der Waals surface area contributed by atoms with E-state index in [9.17, 15) is 4.79 Å². The zero-order valence-corrected chi connectivity index (χ0v) is 11.6. The van der Waals surface area contributed by atoms with E-state index in [1.807, 2.05) is 0 Å². The van der Waals surface area contributed by atoms with Gasteiger partial charge in [-0.1, -0.05) is 37.2 Å². The van der Waals surface area contributed by atoms with Gasteiger partial charge in [0, 0.05) is 12.0 Å². The molecule has 90 valence electrons. The van der Waals surface area contributed by atoms with Gasteiger partial charge < -0.3 is 5.11 Å². The van der Waals surface area contributed by atoms with Crippen LogP contribution < -0.4 is 0 Å². The fourth-order valence-corrected chi connectivity index (χ4v) is 2.93. The predicted octanol–water partition coefficient (Wildman–Crippen LogP) is 2.84. The molecule has 17 heavy (non-hydrogen) atoms. The number of fused-ring (bicyclic) bond motifs is 1. The third kappa shape index (κ3) is 2.89. The Morgan fingerprint density at radius 2 is 2.18 bits per heavy atom. The zero-order chi connectivity index (χ0) is 12.6. The van der Waals surface area contributed by atoms with Gasteiger partial charge in [-0.25, -0.2) is 4.79 Å². The molecule has 2 aliphatic rings. The highest BCUT2D eigenvalue weighted by molar-refractivity contribution is 6.83. The highest BCUT2D eigenvalue weighted by Gasteiger charge is 2.39. The first kappa shape index (κ1) is 12.2. The van der Waals surface area contributed by atoms with Gasteiger partial charge in [-0.3, -0.25) is 0 Å². The number of hydrogen-bond donors (Lipinski definition) is 1. The SMILES string of the molecule is C[Si](C)(C)C#CC1=C[C@H]2C(=CC(=O)O)C[C@H]2C1. The largest absolute Gasteiger partial charge is 0.478 e. The second-order valence-corrected chi connectivity index (χ2v) is 10.7. The minimum absolute atomic E-state index is 0.358. The van der Waals surface area contributed by atoms with Gasteiger partial charge in [0.2, 0.25) is 0 Å². The van der Waals surface area contributed by atoms with E-state index in [2.05, 4.69) is 37.2 Å². The number of carboxylic acid groups (broad SMARTS) is 1. The lowest BCUT2D eigenvalue weighted by molar-refractivity contribution is -0.131. The molecule has 0 aromatic carbocycles. The quantitative estimate of drug-likeness (QED) is 0.439. The number of allylic oxidation sites excluding steroid dienone is 3. The van der Waals surface area contributed by atoms with E-state index in [1.54, 1.807) is 0 Å². The predicted molar refractivity (Wildman–Crippen MR) is 71.1 cm³/mol. The smallest absolute Gasteiger partial charge is 0.328 e. The molecule has 0 bridgehead atoms. The molecule has 0 unspecified atom stereocenters. The third-order valence-corrected chi connectivity index (χ3v) is 4.08. The summed E-state index contributed by atoms with van der Waals surface area (Å²) in [7, 11) is -1.30. The first-order valence-corrected chi connectivity index (χ1v) is 9.52. The van der Waals surface area contributed by atoms with Crippen molar-refractivity contribution < 1.29 is 9.90 Å². The minimum Gasteiger partial charge on any atom is -0.478 e. The summed E-state index contributed by atoms with van der Waals surface area (Å²) in [5.41, 5.74) is 5.65. The van der Waals surface area contributed by atoms with Gasteiger partial charge in [0.25, 0.3) is 0 Å². The van der Waals surface area contributed by atoms with Gasteiger partial charge in [0.05, 0.1) is 0 Å². The molecule has 0 aliphatic heterocycles. The monoisotopic (exact) mass is 246 g/mol. The Labute approximate surface area is 103 Å². The van der Waals surface area contributed by atoms with E-state index in [0.717, 1.165) is 18.4 Å². The molecule has 2 aliphatic carbocycles. The summed E-state index contributed by atoms with van der Waals surface area (Å²) in [4.78, 5) is 10.6. The van der Waals surface area contributed by atoms with Gasteiger partial charge in [0.15, 0.2) is 0 Å². The fourth-order valence-electron chi connectivity index (χ4n) is 2.39. The summed E-state index contributed by atoms with van der Waals surface area (Å²) in [6.45, 7) is 6.71. The average molecular weight is 246 g/mol. The first-order valence-electron chi connectivity index (χ1n) is 6.02. The molecule has 1 fully saturated rings. The summed E-state index contributed by atoms with van der Waals surface area (Å²) in [6.07, 6.45) is 5.52. The van der Waals surface area contributed by atoms with Crippen LogP contribution in [0.5, 0.6) is 0 Å². The molecule has 0 aromatic heterocycles. The van der Waals surface area contributed by atoms with Crippen LogP contribution in [0.3, 0.4) is 0 Å². The molecule has 2 atom stereocenters. The third-order valence-electron chi connectivity index (χ3n) is 3.20. The molecule has 0 radical (unpaired) electrons. The lowest BCUT2D eigenvalue weighted by Crippen LogP contribution is -2.24. The number of carboxylic acids is 1. The van der Waals surface area contributed by atoms with Gasteiger partial charge >= 0.3 is 5.97 Å². The lowest BCUT2D eigenvalue weighted by Gasteiger charge is -2.33. The van der Waals surface area contributed by atoms with E-state index in [0.29, 0.717) is 11.8 Å². The summed E-state index contributed by atoms with van der Waals surface area (Å²) in [6, 6.07) is 0. The molecule has 0 aromatic rings. The summed E-state index contributed by atoms with van der Waals surface area (Å²) >= 11 is 0. The molecular formula is C14H18O2Si. The Bertz CT molecular complexity index is 469. The van der Waals surface area contributed by atoms with Gasteiger partial charge in [-0.15, -0.1) is 5.54 Å². The van der Waals surface area contributed by atoms with Crippen LogP contribution in [0.4, 0.5) is 0 Å². The summed E-state index contributed by atoms with van der Waals surface area (Å²) in [5.74, 6) is 3.44. The maximum Gasteiger partial charge on any atom is 0.328 e. The minimum atomic E-state index is -1.30. The molecule has 0 saturated heterocycles. The van der Waals surface area contributed by atoms with Gasteiger partial charge in [0.1, 0.15) is 8.07 Å². The van der Waals surface area contributed by atoms with Crippen molar-refractivity contribution in [2.24, 2.45) is 11.8 Å². The van der Waals surface area contributed by atoms with Gasteiger partial charge in [-0.05, 0) is 24.3 Å². The highest BCUT2D eigenvalue weighted by Crippen LogP contribution is 2.49. The molecule has 0 heterocycles. The van der Waals surface area contributed by atoms with Crippen LogP contribution in [0.25, 0.3) is 0 Å². The molecule has 2 nitrogen and oxygen atoms in total. The van der Waals surface area contributed by atoms with E-state index in [-0.39, 0.29) is 0 Å². The normalized spacial score (nSPS) is 28.9. The molecule has 2 rings (SSSR count). The van der Waals surface area contributed by atoms with Crippen LogP contribution >= 0.6 is 0 Å². The molecule has 0 spiro atoms. The Hall–Kier alpha value is -1.27. The van der Waals surface area contributed by atoms with Gasteiger partial charge in [-0.2, -0.15) is 0 Å². The van der Waals surface area contributed by atoms with E-state index >= 15 is 0 Å². The number of hydrogen-bond acceptors (Lipinski definition) is 1. The number of aliphatic carboxylic acids is 1. The lowest BCUT2D eigenvalue weighted by atomic mass is 9.71. The van der Waals surface area contributed by atoms with Crippen LogP contribution in [0.15, 0.2) is 23.3 Å². The van der Waals surface area contributed by atoms with Crippen molar-refractivity contribution in [3.63, 3.8) is 0 Å². The average Bonchev–Trinajstić information content (AvgIpc) is 2.48. The Balaban J connectivity index is 2.08. The number of rotatable bonds is 1. The molecule has 1 saturated carbocycles. The van der Waals surface area contributed by atoms with Crippen LogP contribution in [-0.2, 0) is 4.79 Å². The molecule has 3 heteroatoms. The molecular weight excluding hydrogens is 228 g/mol. The Morgan fingerprint density at radius 1 is 1.47 bits per heavy atom. The van der Waals surface area contributed by atoms with Crippen molar-refractivity contribution in [2.75, 3.05) is 0 Å². The second kappa shape index (κ2) is 4.19. The Kier molecular flexibility index (Phi) is 3.01. The topological polar surface area (TPSA) is 37.3 Å². The fraction of sp³-hybridized carbons (Fsp3) is 0.500. The van der Waals surface area contributed by atoms with Crippen LogP contribution in [0.1, 0.15) is 12.8 Å². The van der Waals surface area contributed by atoms with Crippen LogP contribution in [0, 0.1) is 23.3 Å². The van der Waals surface area contributed by atoms with Crippen molar-refractivity contribution in [2.45, 2.75) is 32.5 Å². The van der Waals surface area contributed by atoms with Crippen molar-refractivity contribution in [1.29, 1.82) is 0 Å². The summed E-state index contributed by atoms with van der Waals surface area (Å²) < 4.78 is 0. The van der Waals surface area contributed by atoms with Crippen molar-refractivity contribution >= 4 is 14.0 Å². The first-order chi connectivity index (χ1) is 7.85. The van der Waals surface area contributed by atoms with Crippen LogP contribution in [-0.4, -0.2) is 19.1 Å². The van der Waals surface area contributed by atoms with E-state index in [1.165, 1.54) is 11.6 Å². The van der Waals surface area contributed by atoms with Crippen molar-refractivity contribution in [1.82, 2.24) is 0 Å².